The van der Waals surface area contributed by atoms with Crippen molar-refractivity contribution < 1.29 is 87.6 Å². The van der Waals surface area contributed by atoms with Crippen molar-refractivity contribution >= 4 is 11.9 Å². The minimum atomic E-state index is -1.58. The summed E-state index contributed by atoms with van der Waals surface area (Å²) in [7, 11) is 0. The third-order valence-electron chi connectivity index (χ3n) is 9.10. The molecule has 5 heterocycles. The Morgan fingerprint density at radius 1 is 0.612 bits per heavy atom. The van der Waals surface area contributed by atoms with E-state index in [1.165, 1.54) is 20.8 Å². The minimum absolute atomic E-state index is 0.219. The van der Waals surface area contributed by atoms with Gasteiger partial charge in [0.25, 0.3) is 0 Å². The number of amides is 1. The number of nitrogens with one attached hydrogen (secondary N) is 1. The molecule has 20 atom stereocenters. The van der Waals surface area contributed by atoms with Crippen LogP contribution in [-0.4, -0.2) is 172 Å². The van der Waals surface area contributed by atoms with Gasteiger partial charge in [0.05, 0.1) is 18.3 Å². The van der Waals surface area contributed by atoms with E-state index in [-0.39, 0.29) is 6.61 Å². The second-order valence-corrected chi connectivity index (χ2v) is 13.0. The van der Waals surface area contributed by atoms with Crippen LogP contribution in [0.1, 0.15) is 48.0 Å². The van der Waals surface area contributed by atoms with Crippen LogP contribution in [0, 0.1) is 0 Å². The average molecular weight is 712 g/mol. The van der Waals surface area contributed by atoms with Gasteiger partial charge in [-0.1, -0.05) is 6.92 Å². The molecule has 0 aromatic rings. The van der Waals surface area contributed by atoms with Gasteiger partial charge in [-0.3, -0.25) is 9.59 Å². The van der Waals surface area contributed by atoms with Crippen LogP contribution in [0.25, 0.3) is 0 Å². The second kappa shape index (κ2) is 15.9. The van der Waals surface area contributed by atoms with Gasteiger partial charge in [0, 0.05) is 20.5 Å². The highest BCUT2D eigenvalue weighted by Crippen LogP contribution is 2.39. The summed E-state index contributed by atoms with van der Waals surface area (Å²) in [6.45, 7) is 8.90. The Balaban J connectivity index is 1.45. The van der Waals surface area contributed by atoms with Gasteiger partial charge in [-0.05, 0) is 27.2 Å². The zero-order valence-electron chi connectivity index (χ0n) is 28.0. The van der Waals surface area contributed by atoms with Crippen molar-refractivity contribution in [2.24, 2.45) is 0 Å². The number of aliphatic hydroxyl groups excluding tert-OH is 6. The van der Waals surface area contributed by atoms with Gasteiger partial charge < -0.3 is 83.3 Å². The van der Waals surface area contributed by atoms with E-state index in [0.29, 0.717) is 6.42 Å². The summed E-state index contributed by atoms with van der Waals surface area (Å²) in [6, 6.07) is -1.35. The highest BCUT2D eigenvalue weighted by Gasteiger charge is 2.59. The maximum absolute atomic E-state index is 12.5. The van der Waals surface area contributed by atoms with E-state index in [1.54, 1.807) is 6.92 Å². The van der Waals surface area contributed by atoms with Crippen LogP contribution in [0.5, 0.6) is 0 Å². The standard InChI is InChI=1S/C30H49NO18/c1-7-8-40-28-23(18(37)15(34)9(2)42-28)46-30-25(22(44-13(6)33)17(36)11(4)43-30)48-26-14(31-12(5)32)21(16(35)10(3)41-26)45-27-20(39)19(38)24-29(47-24)49-27/h9-11,14-30,34-39H,7-8H2,1-6H3,(H,31,32). The third-order valence-corrected chi connectivity index (χ3v) is 9.10. The molecular formula is C30H49NO18. The predicted octanol–water partition coefficient (Wildman–Crippen LogP) is -3.51. The van der Waals surface area contributed by atoms with Crippen LogP contribution in [0.4, 0.5) is 0 Å². The zero-order chi connectivity index (χ0) is 35.9. The average Bonchev–Trinajstić information content (AvgIpc) is 3.82. The SMILES string of the molecule is CCCOC1OC(C)C(O)C(O)C1OC1OC(C)C(O)C(OC(C)=O)C1OC1OC(C)C(O)C(OC2OC3OC3C(O)C2O)C1NC(C)=O. The first-order valence-corrected chi connectivity index (χ1v) is 16.5. The number of carbonyl (C=O) groups excluding carboxylic acids is 2. The van der Waals surface area contributed by atoms with E-state index in [1.807, 2.05) is 6.92 Å². The molecule has 1 amide bonds. The Morgan fingerprint density at radius 3 is 1.82 bits per heavy atom. The Kier molecular flexibility index (Phi) is 12.5. The topological polar surface area (TPSA) is 263 Å². The quantitative estimate of drug-likeness (QED) is 0.0809. The lowest BCUT2D eigenvalue weighted by molar-refractivity contribution is -0.386. The van der Waals surface area contributed by atoms with Gasteiger partial charge in [-0.2, -0.15) is 0 Å². The highest BCUT2D eigenvalue weighted by atomic mass is 16.8. The number of rotatable bonds is 11. The lowest BCUT2D eigenvalue weighted by atomic mass is 9.95. The van der Waals surface area contributed by atoms with E-state index in [9.17, 15) is 40.2 Å². The summed E-state index contributed by atoms with van der Waals surface area (Å²) in [6.07, 6.45) is -24.2. The summed E-state index contributed by atoms with van der Waals surface area (Å²) in [5.41, 5.74) is 0. The number of esters is 1. The van der Waals surface area contributed by atoms with Gasteiger partial charge in [-0.25, -0.2) is 0 Å². The van der Waals surface area contributed by atoms with Crippen LogP contribution in [0.2, 0.25) is 0 Å². The molecule has 5 aliphatic heterocycles. The second-order valence-electron chi connectivity index (χ2n) is 13.0. The van der Waals surface area contributed by atoms with Gasteiger partial charge in [0.2, 0.25) is 5.91 Å². The van der Waals surface area contributed by atoms with Crippen LogP contribution in [0.3, 0.4) is 0 Å². The molecule has 0 aromatic carbocycles. The largest absolute Gasteiger partial charge is 0.457 e. The van der Waals surface area contributed by atoms with Crippen LogP contribution < -0.4 is 5.32 Å². The van der Waals surface area contributed by atoms with E-state index in [2.05, 4.69) is 5.32 Å². The Hall–Kier alpha value is -1.66. The lowest BCUT2D eigenvalue weighted by Crippen LogP contribution is -2.69. The molecule has 282 valence electrons. The van der Waals surface area contributed by atoms with Gasteiger partial charge in [-0.15, -0.1) is 0 Å². The number of ether oxygens (including phenoxy) is 10. The maximum atomic E-state index is 12.5. The fourth-order valence-electron chi connectivity index (χ4n) is 6.36. The number of fused-ring (bicyclic) bond motifs is 1. The monoisotopic (exact) mass is 711 g/mol. The normalized spacial score (nSPS) is 49.9. The van der Waals surface area contributed by atoms with Crippen molar-refractivity contribution in [3.05, 3.63) is 0 Å². The van der Waals surface area contributed by atoms with E-state index >= 15 is 0 Å². The van der Waals surface area contributed by atoms with Gasteiger partial charge >= 0.3 is 5.97 Å². The molecule has 5 rings (SSSR count). The molecule has 20 unspecified atom stereocenters. The molecule has 0 radical (unpaired) electrons. The molecule has 19 heteroatoms. The number of hydrogen-bond donors (Lipinski definition) is 7. The molecule has 5 aliphatic rings. The summed E-state index contributed by atoms with van der Waals surface area (Å²) in [4.78, 5) is 24.7. The van der Waals surface area contributed by atoms with Crippen molar-refractivity contribution in [3.63, 3.8) is 0 Å². The van der Waals surface area contributed by atoms with Crippen LogP contribution in [0.15, 0.2) is 0 Å². The zero-order valence-corrected chi connectivity index (χ0v) is 28.0. The molecule has 0 bridgehead atoms. The maximum Gasteiger partial charge on any atom is 0.303 e. The Morgan fingerprint density at radius 2 is 1.18 bits per heavy atom. The fraction of sp³-hybridized carbons (Fsp3) is 0.933. The van der Waals surface area contributed by atoms with Crippen LogP contribution >= 0.6 is 0 Å². The van der Waals surface area contributed by atoms with Crippen molar-refractivity contribution in [1.29, 1.82) is 0 Å². The Labute approximate surface area is 282 Å². The van der Waals surface area contributed by atoms with Crippen molar-refractivity contribution in [1.82, 2.24) is 5.32 Å². The molecule has 0 spiro atoms. The molecule has 5 fully saturated rings. The fourth-order valence-corrected chi connectivity index (χ4v) is 6.36. The number of hydrogen-bond acceptors (Lipinski definition) is 18. The summed E-state index contributed by atoms with van der Waals surface area (Å²) >= 11 is 0. The smallest absolute Gasteiger partial charge is 0.303 e. The van der Waals surface area contributed by atoms with Gasteiger partial charge in [0.1, 0.15) is 61.0 Å². The molecule has 19 nitrogen and oxygen atoms in total. The minimum Gasteiger partial charge on any atom is -0.457 e. The lowest BCUT2D eigenvalue weighted by Gasteiger charge is -2.50. The first-order valence-electron chi connectivity index (χ1n) is 16.5. The number of aliphatic hydroxyl groups is 6. The van der Waals surface area contributed by atoms with Crippen molar-refractivity contribution in [2.75, 3.05) is 6.61 Å². The summed E-state index contributed by atoms with van der Waals surface area (Å²) in [5.74, 6) is -1.40. The first-order chi connectivity index (χ1) is 23.1. The Bertz CT molecular complexity index is 1130. The molecule has 0 aliphatic carbocycles. The van der Waals surface area contributed by atoms with Gasteiger partial charge in [0.15, 0.2) is 43.7 Å². The molecule has 0 saturated carbocycles. The van der Waals surface area contributed by atoms with E-state index in [0.717, 1.165) is 6.92 Å². The molecule has 49 heavy (non-hydrogen) atoms. The molecule has 7 N–H and O–H groups in total. The predicted molar refractivity (Wildman–Crippen MR) is 157 cm³/mol. The first kappa shape index (κ1) is 38.6. The van der Waals surface area contributed by atoms with Crippen molar-refractivity contribution in [2.45, 2.75) is 171 Å². The summed E-state index contributed by atoms with van der Waals surface area (Å²) in [5, 5.41) is 67.6. The molecular weight excluding hydrogens is 662 g/mol. The third kappa shape index (κ3) is 8.37. The number of carbonyl (C=O) groups is 2. The highest BCUT2D eigenvalue weighted by molar-refractivity contribution is 5.73. The van der Waals surface area contributed by atoms with E-state index < -0.39 is 135 Å². The molecule has 0 aromatic heterocycles. The summed E-state index contributed by atoms with van der Waals surface area (Å²) < 4.78 is 58.2. The molecule has 5 saturated heterocycles. The van der Waals surface area contributed by atoms with E-state index in [4.69, 9.17) is 47.4 Å². The van der Waals surface area contributed by atoms with Crippen molar-refractivity contribution in [3.8, 4) is 0 Å². The number of epoxide rings is 1. The van der Waals surface area contributed by atoms with Crippen LogP contribution in [-0.2, 0) is 57.0 Å².